The third-order valence-corrected chi connectivity index (χ3v) is 4.09. The van der Waals surface area contributed by atoms with Crippen molar-refractivity contribution in [1.29, 1.82) is 0 Å². The Labute approximate surface area is 120 Å². The molecule has 0 saturated carbocycles. The fraction of sp³-hybridized carbons (Fsp3) is 0.167. The van der Waals surface area contributed by atoms with E-state index in [1.807, 2.05) is 0 Å². The van der Waals surface area contributed by atoms with Gasteiger partial charge in [-0.1, -0.05) is 0 Å². The zero-order valence-corrected chi connectivity index (χ0v) is 11.8. The van der Waals surface area contributed by atoms with Gasteiger partial charge < -0.3 is 4.74 Å². The number of hydrogen-bond donors (Lipinski definition) is 2. The number of carbonyl (C=O) groups is 1. The fourth-order valence-corrected chi connectivity index (χ4v) is 2.84. The van der Waals surface area contributed by atoms with Crippen LogP contribution in [0.1, 0.15) is 16.1 Å². The summed E-state index contributed by atoms with van der Waals surface area (Å²) in [5.74, 6) is -1.64. The Balaban J connectivity index is 2.34. The number of rotatable bonds is 5. The minimum Gasteiger partial charge on any atom is -0.465 e. The molecule has 2 N–H and O–H groups in total. The van der Waals surface area contributed by atoms with Crippen molar-refractivity contribution in [3.63, 3.8) is 0 Å². The largest absolute Gasteiger partial charge is 0.465 e. The number of benzene rings is 1. The Morgan fingerprint density at radius 1 is 1.43 bits per heavy atom. The molecule has 1 aromatic carbocycles. The summed E-state index contributed by atoms with van der Waals surface area (Å²) in [4.78, 5) is 11.1. The standard InChI is InChI=1S/C12H12FN3O4S/c1-20-12(17)10-3-2-8(13)6-11(10)21(18,19)15-7-9-4-5-14-16-9/h2-6,15H,7H2,1H3,(H,14,16). The summed E-state index contributed by atoms with van der Waals surface area (Å²) in [6, 6.07) is 4.39. The first kappa shape index (κ1) is 15.1. The molecule has 0 aliphatic carbocycles. The van der Waals surface area contributed by atoms with Crippen molar-refractivity contribution >= 4 is 16.0 Å². The first-order valence-corrected chi connectivity index (χ1v) is 7.28. The number of nitrogens with zero attached hydrogens (tertiary/aromatic N) is 1. The molecule has 0 bridgehead atoms. The summed E-state index contributed by atoms with van der Waals surface area (Å²) < 4.78 is 44.4. The van der Waals surface area contributed by atoms with Crippen molar-refractivity contribution in [3.05, 3.63) is 47.5 Å². The Morgan fingerprint density at radius 3 is 2.81 bits per heavy atom. The number of H-pyrrole nitrogens is 1. The van der Waals surface area contributed by atoms with Crippen molar-refractivity contribution in [1.82, 2.24) is 14.9 Å². The molecule has 21 heavy (non-hydrogen) atoms. The number of hydrogen-bond acceptors (Lipinski definition) is 5. The third kappa shape index (κ3) is 3.44. The van der Waals surface area contributed by atoms with Crippen LogP contribution in [0.2, 0.25) is 0 Å². The van der Waals surface area contributed by atoms with Crippen LogP contribution in [0.25, 0.3) is 0 Å². The molecule has 0 unspecified atom stereocenters. The first-order valence-electron chi connectivity index (χ1n) is 5.80. The maximum absolute atomic E-state index is 13.3. The number of halogens is 1. The van der Waals surface area contributed by atoms with Crippen LogP contribution >= 0.6 is 0 Å². The number of aromatic nitrogens is 2. The number of nitrogens with one attached hydrogen (secondary N) is 2. The highest BCUT2D eigenvalue weighted by Crippen LogP contribution is 2.18. The summed E-state index contributed by atoms with van der Waals surface area (Å²) in [6.07, 6.45) is 1.46. The topological polar surface area (TPSA) is 101 Å². The number of ether oxygens (including phenoxy) is 1. The van der Waals surface area contributed by atoms with Crippen LogP contribution in [-0.4, -0.2) is 31.7 Å². The summed E-state index contributed by atoms with van der Waals surface area (Å²) in [5.41, 5.74) is 0.283. The minimum atomic E-state index is -4.08. The molecule has 0 aliphatic heterocycles. The summed E-state index contributed by atoms with van der Waals surface area (Å²) in [7, 11) is -2.97. The van der Waals surface area contributed by atoms with Gasteiger partial charge in [0.1, 0.15) is 5.82 Å². The summed E-state index contributed by atoms with van der Waals surface area (Å²) >= 11 is 0. The van der Waals surface area contributed by atoms with Gasteiger partial charge in [-0.3, -0.25) is 5.10 Å². The number of methoxy groups -OCH3 is 1. The number of sulfonamides is 1. The lowest BCUT2D eigenvalue weighted by atomic mass is 10.2. The molecule has 0 spiro atoms. The Morgan fingerprint density at radius 2 is 2.19 bits per heavy atom. The first-order chi connectivity index (χ1) is 9.94. The molecule has 1 aromatic heterocycles. The molecule has 112 valence electrons. The molecule has 0 radical (unpaired) electrons. The molecule has 1 heterocycles. The number of esters is 1. The van der Waals surface area contributed by atoms with E-state index in [0.29, 0.717) is 5.69 Å². The average Bonchev–Trinajstić information content (AvgIpc) is 2.98. The Kier molecular flexibility index (Phi) is 4.34. The van der Waals surface area contributed by atoms with Gasteiger partial charge in [0, 0.05) is 6.20 Å². The van der Waals surface area contributed by atoms with Gasteiger partial charge in [-0.25, -0.2) is 22.3 Å². The molecule has 0 amide bonds. The minimum absolute atomic E-state index is 0.0700. The summed E-state index contributed by atoms with van der Waals surface area (Å²) in [5, 5.41) is 6.25. The SMILES string of the molecule is COC(=O)c1ccc(F)cc1S(=O)(=O)NCc1ccn[nH]1. The normalized spacial score (nSPS) is 11.3. The van der Waals surface area contributed by atoms with Crippen molar-refractivity contribution in [3.8, 4) is 0 Å². The van der Waals surface area contributed by atoms with E-state index in [0.717, 1.165) is 25.3 Å². The lowest BCUT2D eigenvalue weighted by Crippen LogP contribution is -2.25. The molecule has 0 saturated heterocycles. The number of aromatic amines is 1. The molecule has 7 nitrogen and oxygen atoms in total. The van der Waals surface area contributed by atoms with Crippen LogP contribution in [0.5, 0.6) is 0 Å². The van der Waals surface area contributed by atoms with Crippen LogP contribution in [0, 0.1) is 5.82 Å². The van der Waals surface area contributed by atoms with Crippen LogP contribution in [-0.2, 0) is 21.3 Å². The quantitative estimate of drug-likeness (QED) is 0.796. The molecule has 2 aromatic rings. The van der Waals surface area contributed by atoms with Gasteiger partial charge in [0.05, 0.1) is 29.8 Å². The van der Waals surface area contributed by atoms with E-state index >= 15 is 0 Å². The van der Waals surface area contributed by atoms with Gasteiger partial charge in [-0.2, -0.15) is 5.10 Å². The van der Waals surface area contributed by atoms with Gasteiger partial charge >= 0.3 is 5.97 Å². The molecule has 0 fully saturated rings. The number of carbonyl (C=O) groups excluding carboxylic acids is 1. The van der Waals surface area contributed by atoms with Crippen LogP contribution < -0.4 is 4.72 Å². The highest BCUT2D eigenvalue weighted by molar-refractivity contribution is 7.89. The van der Waals surface area contributed by atoms with Crippen LogP contribution in [0.15, 0.2) is 35.4 Å². The smallest absolute Gasteiger partial charge is 0.339 e. The van der Waals surface area contributed by atoms with Gasteiger partial charge in [0.25, 0.3) is 0 Å². The van der Waals surface area contributed by atoms with E-state index in [-0.39, 0.29) is 12.1 Å². The van der Waals surface area contributed by atoms with Gasteiger partial charge in [0.2, 0.25) is 10.0 Å². The average molecular weight is 313 g/mol. The van der Waals surface area contributed by atoms with Crippen molar-refractivity contribution in [2.24, 2.45) is 0 Å². The molecule has 9 heteroatoms. The van der Waals surface area contributed by atoms with Crippen molar-refractivity contribution in [2.45, 2.75) is 11.4 Å². The van der Waals surface area contributed by atoms with E-state index in [4.69, 9.17) is 0 Å². The molecular formula is C12H12FN3O4S. The van der Waals surface area contributed by atoms with E-state index < -0.39 is 26.7 Å². The van der Waals surface area contributed by atoms with E-state index in [1.54, 1.807) is 6.07 Å². The third-order valence-electron chi connectivity index (χ3n) is 2.65. The second-order valence-corrected chi connectivity index (χ2v) is 5.77. The maximum Gasteiger partial charge on any atom is 0.339 e. The van der Waals surface area contributed by atoms with Crippen LogP contribution in [0.3, 0.4) is 0 Å². The summed E-state index contributed by atoms with van der Waals surface area (Å²) in [6.45, 7) is -0.0700. The second kappa shape index (κ2) is 6.02. The lowest BCUT2D eigenvalue weighted by Gasteiger charge is -2.10. The molecule has 0 atom stereocenters. The van der Waals surface area contributed by atoms with E-state index in [9.17, 15) is 17.6 Å². The fourth-order valence-electron chi connectivity index (χ4n) is 1.63. The zero-order valence-electron chi connectivity index (χ0n) is 11.0. The predicted octanol–water partition coefficient (Wildman–Crippen LogP) is 0.814. The second-order valence-electron chi connectivity index (χ2n) is 4.04. The monoisotopic (exact) mass is 313 g/mol. The Bertz CT molecular complexity index is 744. The van der Waals surface area contributed by atoms with E-state index in [2.05, 4.69) is 19.7 Å². The van der Waals surface area contributed by atoms with Gasteiger partial charge in [-0.05, 0) is 24.3 Å². The highest BCUT2D eigenvalue weighted by atomic mass is 32.2. The van der Waals surface area contributed by atoms with E-state index in [1.165, 1.54) is 6.20 Å². The molecule has 0 aliphatic rings. The highest BCUT2D eigenvalue weighted by Gasteiger charge is 2.23. The molecular weight excluding hydrogens is 301 g/mol. The maximum atomic E-state index is 13.3. The Hall–Kier alpha value is -2.26. The zero-order chi connectivity index (χ0) is 15.5. The molecule has 2 rings (SSSR count). The van der Waals surface area contributed by atoms with Crippen molar-refractivity contribution in [2.75, 3.05) is 7.11 Å². The van der Waals surface area contributed by atoms with Crippen molar-refractivity contribution < 1.29 is 22.3 Å². The van der Waals surface area contributed by atoms with Crippen LogP contribution in [0.4, 0.5) is 4.39 Å². The van der Waals surface area contributed by atoms with Gasteiger partial charge in [0.15, 0.2) is 0 Å². The lowest BCUT2D eigenvalue weighted by molar-refractivity contribution is 0.0596. The predicted molar refractivity (Wildman–Crippen MR) is 70.4 cm³/mol. The van der Waals surface area contributed by atoms with Gasteiger partial charge in [-0.15, -0.1) is 0 Å².